The van der Waals surface area contributed by atoms with Gasteiger partial charge in [0.05, 0.1) is 21.8 Å². The second-order valence-electron chi connectivity index (χ2n) is 6.80. The molecule has 1 fully saturated rings. The Balaban J connectivity index is 1.91. The molecule has 1 heterocycles. The lowest BCUT2D eigenvalue weighted by molar-refractivity contribution is -0.145. The maximum Gasteiger partial charge on any atom is 0.344 e. The quantitative estimate of drug-likeness (QED) is 0.291. The SMILES string of the molecule is CCOC(=O)COc1c(Cl)cc(/C=C2\C(=O)NC(=O)N(c3ccc(Br)c(C)c3)C2=O)cc1Br. The molecule has 0 aliphatic carbocycles. The number of ether oxygens (including phenoxy) is 2. The van der Waals surface area contributed by atoms with Crippen molar-refractivity contribution in [2.75, 3.05) is 18.1 Å². The van der Waals surface area contributed by atoms with Crippen LogP contribution >= 0.6 is 43.5 Å². The van der Waals surface area contributed by atoms with Crippen molar-refractivity contribution in [3.63, 3.8) is 0 Å². The molecular weight excluding hydrogens is 584 g/mol. The number of rotatable bonds is 6. The maximum absolute atomic E-state index is 13.1. The van der Waals surface area contributed by atoms with E-state index in [1.165, 1.54) is 12.1 Å². The minimum absolute atomic E-state index is 0.139. The van der Waals surface area contributed by atoms with Gasteiger partial charge in [-0.25, -0.2) is 14.5 Å². The number of nitrogens with one attached hydrogen (secondary N) is 1. The molecule has 11 heteroatoms. The fourth-order valence-corrected chi connectivity index (χ4v) is 4.20. The van der Waals surface area contributed by atoms with Crippen molar-refractivity contribution in [1.29, 1.82) is 0 Å². The molecule has 4 amide bonds. The number of aryl methyl sites for hydroxylation is 1. The Bertz CT molecular complexity index is 1170. The molecule has 0 atom stereocenters. The van der Waals surface area contributed by atoms with Crippen molar-refractivity contribution < 1.29 is 28.7 Å². The van der Waals surface area contributed by atoms with Gasteiger partial charge < -0.3 is 9.47 Å². The number of hydrogen-bond acceptors (Lipinski definition) is 6. The third-order valence-corrected chi connectivity index (χ3v) is 6.23. The van der Waals surface area contributed by atoms with E-state index in [1.54, 1.807) is 31.2 Å². The molecule has 8 nitrogen and oxygen atoms in total. The van der Waals surface area contributed by atoms with Gasteiger partial charge in [-0.1, -0.05) is 27.5 Å². The Kier molecular flexibility index (Phi) is 7.93. The predicted molar refractivity (Wildman–Crippen MR) is 129 cm³/mol. The van der Waals surface area contributed by atoms with Crippen molar-refractivity contribution in [2.45, 2.75) is 13.8 Å². The summed E-state index contributed by atoms with van der Waals surface area (Å²) in [5.41, 5.74) is 1.27. The van der Waals surface area contributed by atoms with E-state index in [0.717, 1.165) is 14.9 Å². The first kappa shape index (κ1) is 24.9. The van der Waals surface area contributed by atoms with E-state index < -0.39 is 23.8 Å². The van der Waals surface area contributed by atoms with E-state index in [1.807, 2.05) is 6.92 Å². The molecule has 2 aromatic rings. The van der Waals surface area contributed by atoms with Crippen molar-refractivity contribution >= 4 is 79.0 Å². The Morgan fingerprint density at radius 1 is 1.15 bits per heavy atom. The largest absolute Gasteiger partial charge is 0.479 e. The monoisotopic (exact) mass is 598 g/mol. The third kappa shape index (κ3) is 5.63. The summed E-state index contributed by atoms with van der Waals surface area (Å²) < 4.78 is 11.4. The minimum Gasteiger partial charge on any atom is -0.479 e. The molecule has 3 rings (SSSR count). The molecule has 0 saturated carbocycles. The first-order chi connectivity index (χ1) is 15.6. The smallest absolute Gasteiger partial charge is 0.344 e. The number of carbonyl (C=O) groups excluding carboxylic acids is 4. The van der Waals surface area contributed by atoms with Crippen molar-refractivity contribution in [2.24, 2.45) is 0 Å². The summed E-state index contributed by atoms with van der Waals surface area (Å²) in [6.07, 6.45) is 1.31. The van der Waals surface area contributed by atoms with Crippen LogP contribution in [0.4, 0.5) is 10.5 Å². The van der Waals surface area contributed by atoms with E-state index in [2.05, 4.69) is 37.2 Å². The van der Waals surface area contributed by atoms with Crippen LogP contribution in [0.1, 0.15) is 18.1 Å². The van der Waals surface area contributed by atoms with Crippen LogP contribution in [0.5, 0.6) is 5.75 Å². The van der Waals surface area contributed by atoms with Crippen LogP contribution in [0.25, 0.3) is 6.08 Å². The summed E-state index contributed by atoms with van der Waals surface area (Å²) in [7, 11) is 0. The number of carbonyl (C=O) groups is 4. The van der Waals surface area contributed by atoms with Gasteiger partial charge in [0.2, 0.25) is 0 Å². The molecule has 0 spiro atoms. The van der Waals surface area contributed by atoms with E-state index in [4.69, 9.17) is 21.1 Å². The van der Waals surface area contributed by atoms with Crippen LogP contribution in [0.3, 0.4) is 0 Å². The molecule has 0 bridgehead atoms. The highest BCUT2D eigenvalue weighted by Crippen LogP contribution is 2.35. The number of urea groups is 1. The Morgan fingerprint density at radius 2 is 1.88 bits per heavy atom. The van der Waals surface area contributed by atoms with E-state index in [0.29, 0.717) is 15.7 Å². The van der Waals surface area contributed by atoms with Gasteiger partial charge >= 0.3 is 12.0 Å². The maximum atomic E-state index is 13.1. The summed E-state index contributed by atoms with van der Waals surface area (Å²) in [6, 6.07) is 7.13. The average Bonchev–Trinajstić information content (AvgIpc) is 2.73. The number of nitrogens with zero attached hydrogens (tertiary/aromatic N) is 1. The Morgan fingerprint density at radius 3 is 2.52 bits per heavy atom. The topological polar surface area (TPSA) is 102 Å². The second-order valence-corrected chi connectivity index (χ2v) is 8.91. The number of hydrogen-bond donors (Lipinski definition) is 1. The third-order valence-electron chi connectivity index (χ3n) is 4.47. The van der Waals surface area contributed by atoms with Crippen molar-refractivity contribution in [3.8, 4) is 5.75 Å². The van der Waals surface area contributed by atoms with Gasteiger partial charge in [0, 0.05) is 4.47 Å². The van der Waals surface area contributed by atoms with E-state index in [9.17, 15) is 19.2 Å². The normalized spacial score (nSPS) is 15.0. The number of benzene rings is 2. The summed E-state index contributed by atoms with van der Waals surface area (Å²) in [6.45, 7) is 3.38. The summed E-state index contributed by atoms with van der Waals surface area (Å²) >= 11 is 13.0. The van der Waals surface area contributed by atoms with E-state index in [-0.39, 0.29) is 29.6 Å². The number of barbiturate groups is 1. The molecule has 0 aromatic heterocycles. The lowest BCUT2D eigenvalue weighted by Crippen LogP contribution is -2.54. The van der Waals surface area contributed by atoms with Crippen LogP contribution in [0.2, 0.25) is 5.02 Å². The van der Waals surface area contributed by atoms with Gasteiger partial charge in [0.25, 0.3) is 11.8 Å². The van der Waals surface area contributed by atoms with E-state index >= 15 is 0 Å². The van der Waals surface area contributed by atoms with Crippen LogP contribution in [-0.2, 0) is 19.1 Å². The molecule has 1 aliphatic rings. The molecule has 0 radical (unpaired) electrons. The van der Waals surface area contributed by atoms with Gasteiger partial charge in [-0.3, -0.25) is 14.9 Å². The lowest BCUT2D eigenvalue weighted by atomic mass is 10.1. The molecule has 33 heavy (non-hydrogen) atoms. The number of amides is 4. The molecule has 1 saturated heterocycles. The number of imide groups is 2. The van der Waals surface area contributed by atoms with Crippen molar-refractivity contribution in [3.05, 3.63) is 61.0 Å². The highest BCUT2D eigenvalue weighted by Gasteiger charge is 2.37. The molecule has 0 unspecified atom stereocenters. The number of halogens is 3. The van der Waals surface area contributed by atoms with Gasteiger partial charge in [-0.2, -0.15) is 0 Å². The molecule has 1 N–H and O–H groups in total. The second kappa shape index (κ2) is 10.5. The standard InChI is InChI=1S/C22H17Br2ClN2O6/c1-3-32-18(28)10-33-19-16(24)8-12(9-17(19)25)7-14-20(29)26-22(31)27(21(14)30)13-4-5-15(23)11(2)6-13/h4-9H,3,10H2,1-2H3,(H,26,29,31)/b14-7+. The van der Waals surface area contributed by atoms with Crippen LogP contribution in [0.15, 0.2) is 44.9 Å². The van der Waals surface area contributed by atoms with Crippen LogP contribution in [0, 0.1) is 6.92 Å². The lowest BCUT2D eigenvalue weighted by Gasteiger charge is -2.26. The number of esters is 1. The summed E-state index contributed by atoms with van der Waals surface area (Å²) in [5, 5.41) is 2.31. The predicted octanol–water partition coefficient (Wildman–Crippen LogP) is 4.78. The van der Waals surface area contributed by atoms with Gasteiger partial charge in [-0.15, -0.1) is 0 Å². The zero-order chi connectivity index (χ0) is 24.3. The van der Waals surface area contributed by atoms with Crippen LogP contribution < -0.4 is 15.0 Å². The zero-order valence-electron chi connectivity index (χ0n) is 17.4. The van der Waals surface area contributed by atoms with Gasteiger partial charge in [0.1, 0.15) is 5.57 Å². The molecule has 1 aliphatic heterocycles. The fraction of sp³-hybridized carbons (Fsp3) is 0.182. The zero-order valence-corrected chi connectivity index (χ0v) is 21.3. The minimum atomic E-state index is -0.842. The van der Waals surface area contributed by atoms with Gasteiger partial charge in [-0.05, 0) is 77.3 Å². The Labute approximate surface area is 211 Å². The summed E-state index contributed by atoms with van der Waals surface area (Å²) in [4.78, 5) is 50.3. The highest BCUT2D eigenvalue weighted by atomic mass is 79.9. The van der Waals surface area contributed by atoms with Gasteiger partial charge in [0.15, 0.2) is 12.4 Å². The highest BCUT2D eigenvalue weighted by molar-refractivity contribution is 9.10. The fourth-order valence-electron chi connectivity index (χ4n) is 2.96. The first-order valence-corrected chi connectivity index (χ1v) is 11.5. The van der Waals surface area contributed by atoms with Crippen molar-refractivity contribution in [1.82, 2.24) is 5.32 Å². The first-order valence-electron chi connectivity index (χ1n) is 9.57. The molecule has 2 aromatic carbocycles. The molecular formula is C22H17Br2ClN2O6. The average molecular weight is 601 g/mol. The summed E-state index contributed by atoms with van der Waals surface area (Å²) in [5.74, 6) is -1.96. The Hall–Kier alpha value is -2.69. The number of anilines is 1. The van der Waals surface area contributed by atoms with Crippen LogP contribution in [-0.4, -0.2) is 37.0 Å². The molecule has 172 valence electrons.